The number of halogens is 3. The summed E-state index contributed by atoms with van der Waals surface area (Å²) in [4.78, 5) is 27.7. The lowest BCUT2D eigenvalue weighted by Crippen LogP contribution is -2.51. The molecule has 3 atom stereocenters. The maximum absolute atomic E-state index is 13.2. The third-order valence-electron chi connectivity index (χ3n) is 7.32. The monoisotopic (exact) mass is 552 g/mol. The number of hydrogen-bond acceptors (Lipinski definition) is 5. The van der Waals surface area contributed by atoms with E-state index in [1.54, 1.807) is 30.3 Å². The van der Waals surface area contributed by atoms with E-state index in [9.17, 15) is 31.2 Å². The molecule has 1 amide bonds. The number of Topliss-reactive ketones (excluding diaryl/α,β-unsaturated/α-hetero) is 1. The maximum atomic E-state index is 13.2. The molecule has 1 saturated carbocycles. The van der Waals surface area contributed by atoms with Gasteiger partial charge in [-0.1, -0.05) is 30.3 Å². The second-order valence-electron chi connectivity index (χ2n) is 10.3. The Bertz CT molecular complexity index is 1220. The van der Waals surface area contributed by atoms with E-state index in [1.165, 1.54) is 12.1 Å². The van der Waals surface area contributed by atoms with Crippen molar-refractivity contribution in [2.45, 2.75) is 75.1 Å². The van der Waals surface area contributed by atoms with E-state index < -0.39 is 33.3 Å². The second-order valence-corrected chi connectivity index (χ2v) is 12.3. The van der Waals surface area contributed by atoms with Crippen LogP contribution in [-0.4, -0.2) is 55.9 Å². The minimum Gasteiger partial charge on any atom is -0.353 e. The van der Waals surface area contributed by atoms with Gasteiger partial charge in [0.1, 0.15) is 0 Å². The first kappa shape index (κ1) is 29.8. The topological polar surface area (TPSA) is 83.6 Å². The Hall–Kier alpha value is -2.72. The number of hydrogen-bond donors (Lipinski definition) is 1. The van der Waals surface area contributed by atoms with Gasteiger partial charge in [0.15, 0.2) is 15.6 Å². The van der Waals surface area contributed by atoms with Crippen LogP contribution < -0.4 is 5.32 Å². The van der Waals surface area contributed by atoms with Gasteiger partial charge in [-0.3, -0.25) is 9.59 Å². The van der Waals surface area contributed by atoms with E-state index in [1.807, 2.05) is 7.05 Å². The molecule has 0 aromatic heterocycles. The molecule has 0 unspecified atom stereocenters. The predicted molar refractivity (Wildman–Crippen MR) is 139 cm³/mol. The average Bonchev–Trinajstić information content (AvgIpc) is 2.87. The molecule has 1 fully saturated rings. The minimum atomic E-state index is -4.56. The first-order valence-corrected chi connectivity index (χ1v) is 14.4. The Morgan fingerprint density at radius 1 is 1.03 bits per heavy atom. The fourth-order valence-electron chi connectivity index (χ4n) is 4.93. The highest BCUT2D eigenvalue weighted by atomic mass is 32.2. The first-order valence-electron chi connectivity index (χ1n) is 12.8. The van der Waals surface area contributed by atoms with E-state index >= 15 is 0 Å². The molecule has 0 saturated heterocycles. The van der Waals surface area contributed by atoms with Crippen molar-refractivity contribution in [1.29, 1.82) is 0 Å². The Labute approximate surface area is 222 Å². The molecule has 2 aromatic carbocycles. The van der Waals surface area contributed by atoms with Gasteiger partial charge < -0.3 is 10.2 Å². The molecule has 1 aliphatic rings. The van der Waals surface area contributed by atoms with Gasteiger partial charge >= 0.3 is 6.18 Å². The van der Waals surface area contributed by atoms with Crippen LogP contribution in [0.1, 0.15) is 61.9 Å². The van der Waals surface area contributed by atoms with Crippen LogP contribution in [0.15, 0.2) is 59.5 Å². The summed E-state index contributed by atoms with van der Waals surface area (Å²) in [5, 5.41) is 2.92. The molecule has 0 aliphatic heterocycles. The number of carbonyl (C=O) groups excluding carboxylic acids is 2. The van der Waals surface area contributed by atoms with E-state index in [4.69, 9.17) is 0 Å². The van der Waals surface area contributed by atoms with Crippen molar-refractivity contribution < 1.29 is 31.2 Å². The SMILES string of the molecule is CC(C)N(C)[C@@H]1CC[C@H](NC(=O)CCC(=O)c2cccc(C(F)(F)F)c2)[C@@H](CS(=O)(=O)c2ccccc2)C1. The summed E-state index contributed by atoms with van der Waals surface area (Å²) < 4.78 is 65.2. The van der Waals surface area contributed by atoms with Gasteiger partial charge in [-0.2, -0.15) is 13.2 Å². The van der Waals surface area contributed by atoms with Crippen LogP contribution in [0.4, 0.5) is 13.2 Å². The number of benzene rings is 2. The van der Waals surface area contributed by atoms with Crippen molar-refractivity contribution >= 4 is 21.5 Å². The van der Waals surface area contributed by atoms with Gasteiger partial charge in [-0.05, 0) is 70.3 Å². The number of nitrogens with one attached hydrogen (secondary N) is 1. The summed E-state index contributed by atoms with van der Waals surface area (Å²) in [6.07, 6.45) is -3.04. The molecule has 0 bridgehead atoms. The Balaban J connectivity index is 1.68. The quantitative estimate of drug-likeness (QED) is 0.413. The number of carbonyl (C=O) groups is 2. The molecule has 3 rings (SSSR count). The van der Waals surface area contributed by atoms with E-state index in [-0.39, 0.29) is 53.1 Å². The molecule has 2 aromatic rings. The van der Waals surface area contributed by atoms with Gasteiger partial charge in [-0.15, -0.1) is 0 Å². The molecule has 1 N–H and O–H groups in total. The highest BCUT2D eigenvalue weighted by molar-refractivity contribution is 7.91. The third kappa shape index (κ3) is 7.89. The van der Waals surface area contributed by atoms with Crippen molar-refractivity contribution in [2.75, 3.05) is 12.8 Å². The highest BCUT2D eigenvalue weighted by Crippen LogP contribution is 2.32. The second kappa shape index (κ2) is 12.4. The van der Waals surface area contributed by atoms with E-state index in [0.29, 0.717) is 12.8 Å². The summed E-state index contributed by atoms with van der Waals surface area (Å²) in [5.74, 6) is -1.43. The summed E-state index contributed by atoms with van der Waals surface area (Å²) >= 11 is 0. The zero-order valence-electron chi connectivity index (χ0n) is 21.9. The van der Waals surface area contributed by atoms with Crippen LogP contribution >= 0.6 is 0 Å². The number of rotatable bonds is 10. The average molecular weight is 553 g/mol. The normalized spacial score (nSPS) is 20.5. The smallest absolute Gasteiger partial charge is 0.353 e. The number of sulfone groups is 1. The zero-order chi connectivity index (χ0) is 28.1. The van der Waals surface area contributed by atoms with Crippen LogP contribution in [0.3, 0.4) is 0 Å². The van der Waals surface area contributed by atoms with Gasteiger partial charge in [-0.25, -0.2) is 8.42 Å². The van der Waals surface area contributed by atoms with Crippen molar-refractivity contribution in [3.05, 3.63) is 65.7 Å². The lowest BCUT2D eigenvalue weighted by Gasteiger charge is -2.41. The number of nitrogens with zero attached hydrogens (tertiary/aromatic N) is 1. The van der Waals surface area contributed by atoms with Crippen LogP contribution in [0, 0.1) is 5.92 Å². The molecule has 0 heterocycles. The number of amides is 1. The maximum Gasteiger partial charge on any atom is 0.416 e. The number of ketones is 1. The summed E-state index contributed by atoms with van der Waals surface area (Å²) in [7, 11) is -1.58. The van der Waals surface area contributed by atoms with Crippen molar-refractivity contribution in [3.8, 4) is 0 Å². The molecule has 1 aliphatic carbocycles. The van der Waals surface area contributed by atoms with Crippen molar-refractivity contribution in [2.24, 2.45) is 5.92 Å². The van der Waals surface area contributed by atoms with Crippen molar-refractivity contribution in [1.82, 2.24) is 10.2 Å². The van der Waals surface area contributed by atoms with Crippen molar-refractivity contribution in [3.63, 3.8) is 0 Å². The fourth-order valence-corrected chi connectivity index (χ4v) is 6.63. The largest absolute Gasteiger partial charge is 0.416 e. The zero-order valence-corrected chi connectivity index (χ0v) is 22.7. The summed E-state index contributed by atoms with van der Waals surface area (Å²) in [6.45, 7) is 4.15. The van der Waals surface area contributed by atoms with Crippen LogP contribution in [0.25, 0.3) is 0 Å². The summed E-state index contributed by atoms with van der Waals surface area (Å²) in [6, 6.07) is 12.4. The van der Waals surface area contributed by atoms with Gasteiger partial charge in [0.05, 0.1) is 16.2 Å². The molecular weight excluding hydrogens is 517 g/mol. The van der Waals surface area contributed by atoms with Gasteiger partial charge in [0.25, 0.3) is 0 Å². The van der Waals surface area contributed by atoms with Gasteiger partial charge in [0.2, 0.25) is 5.91 Å². The lowest BCUT2D eigenvalue weighted by molar-refractivity contribution is -0.137. The summed E-state index contributed by atoms with van der Waals surface area (Å²) in [5.41, 5.74) is -1.02. The molecule has 38 heavy (non-hydrogen) atoms. The molecule has 10 heteroatoms. The molecular formula is C28H35F3N2O4S. The first-order chi connectivity index (χ1) is 17.8. The number of alkyl halides is 3. The minimum absolute atomic E-state index is 0.100. The van der Waals surface area contributed by atoms with Gasteiger partial charge in [0, 0.05) is 36.5 Å². The molecule has 0 radical (unpaired) electrons. The Morgan fingerprint density at radius 3 is 2.34 bits per heavy atom. The Morgan fingerprint density at radius 2 is 1.71 bits per heavy atom. The van der Waals surface area contributed by atoms with Crippen LogP contribution in [0.5, 0.6) is 0 Å². The van der Waals surface area contributed by atoms with Crippen LogP contribution in [-0.2, 0) is 20.8 Å². The van der Waals surface area contributed by atoms with E-state index in [0.717, 1.165) is 18.6 Å². The van der Waals surface area contributed by atoms with Crippen LogP contribution in [0.2, 0.25) is 0 Å². The Kier molecular flexibility index (Phi) is 9.75. The standard InChI is InChI=1S/C28H35F3N2O4S/c1-19(2)33(3)23-12-13-25(21(17-23)18-38(36,37)24-10-5-4-6-11-24)32-27(35)15-14-26(34)20-8-7-9-22(16-20)28(29,30)31/h4-11,16,19,21,23,25H,12-15,17-18H2,1-3H3,(H,32,35)/t21-,23-,25+/m1/s1. The fraction of sp³-hybridized carbons (Fsp3) is 0.500. The third-order valence-corrected chi connectivity index (χ3v) is 9.18. The molecule has 6 nitrogen and oxygen atoms in total. The predicted octanol–water partition coefficient (Wildman–Crippen LogP) is 5.14. The van der Waals surface area contributed by atoms with E-state index in [2.05, 4.69) is 24.1 Å². The lowest BCUT2D eigenvalue weighted by atomic mass is 9.81. The molecule has 208 valence electrons. The highest BCUT2D eigenvalue weighted by Gasteiger charge is 2.37. The molecule has 0 spiro atoms.